The Morgan fingerprint density at radius 1 is 0.871 bits per heavy atom. The molecule has 1 unspecified atom stereocenters. The summed E-state index contributed by atoms with van der Waals surface area (Å²) < 4.78 is 5.09. The molecule has 0 saturated carbocycles. The summed E-state index contributed by atoms with van der Waals surface area (Å²) in [5, 5.41) is 8.64. The van der Waals surface area contributed by atoms with Crippen LogP contribution in [0.4, 0.5) is 5.69 Å². The van der Waals surface area contributed by atoms with Gasteiger partial charge < -0.3 is 15.4 Å². The van der Waals surface area contributed by atoms with Crippen molar-refractivity contribution in [3.8, 4) is 5.75 Å². The van der Waals surface area contributed by atoms with Crippen molar-refractivity contribution < 1.29 is 14.3 Å². The molecule has 0 aromatic heterocycles. The molecule has 3 aromatic rings. The normalized spacial score (nSPS) is 11.2. The van der Waals surface area contributed by atoms with Gasteiger partial charge in [0.05, 0.1) is 24.4 Å². The smallest absolute Gasteiger partial charge is 0.257 e. The van der Waals surface area contributed by atoms with Gasteiger partial charge in [-0.15, -0.1) is 0 Å². The molecule has 1 atom stereocenters. The Morgan fingerprint density at radius 3 is 2.19 bits per heavy atom. The highest BCUT2D eigenvalue weighted by atomic mass is 32.1. The first-order valence-electron chi connectivity index (χ1n) is 9.69. The van der Waals surface area contributed by atoms with E-state index >= 15 is 0 Å². The molecular formula is C24H23N3O3S. The fraction of sp³-hybridized carbons (Fsp3) is 0.125. The summed E-state index contributed by atoms with van der Waals surface area (Å²) in [6.45, 7) is 1.92. The summed E-state index contributed by atoms with van der Waals surface area (Å²) in [6.07, 6.45) is 0. The molecule has 3 N–H and O–H groups in total. The molecule has 0 aliphatic heterocycles. The van der Waals surface area contributed by atoms with Crippen LogP contribution in [0.2, 0.25) is 0 Å². The van der Waals surface area contributed by atoms with Gasteiger partial charge in [0.15, 0.2) is 5.11 Å². The van der Waals surface area contributed by atoms with Gasteiger partial charge >= 0.3 is 0 Å². The van der Waals surface area contributed by atoms with Gasteiger partial charge in [-0.1, -0.05) is 42.5 Å². The second-order valence-electron chi connectivity index (χ2n) is 6.79. The summed E-state index contributed by atoms with van der Waals surface area (Å²) >= 11 is 5.27. The van der Waals surface area contributed by atoms with Gasteiger partial charge in [0.2, 0.25) is 0 Å². The van der Waals surface area contributed by atoms with E-state index in [2.05, 4.69) is 16.0 Å². The van der Waals surface area contributed by atoms with Crippen molar-refractivity contribution in [3.05, 3.63) is 95.6 Å². The molecule has 0 spiro atoms. The second kappa shape index (κ2) is 10.4. The SMILES string of the molecule is COc1ccc(C(=O)NC(=S)Nc2ccccc2C(=O)NC(C)c2ccccc2)cc1. The van der Waals surface area contributed by atoms with Crippen LogP contribution in [0, 0.1) is 0 Å². The third-order valence-corrected chi connectivity index (χ3v) is 4.85. The van der Waals surface area contributed by atoms with Crippen molar-refractivity contribution in [1.29, 1.82) is 0 Å². The molecule has 0 aliphatic carbocycles. The van der Waals surface area contributed by atoms with E-state index in [-0.39, 0.29) is 23.0 Å². The zero-order valence-electron chi connectivity index (χ0n) is 17.2. The number of methoxy groups -OCH3 is 1. The van der Waals surface area contributed by atoms with E-state index in [0.717, 1.165) is 5.56 Å². The summed E-state index contributed by atoms with van der Waals surface area (Å²) in [5.41, 5.74) is 2.36. The number of para-hydroxylation sites is 1. The summed E-state index contributed by atoms with van der Waals surface area (Å²) in [7, 11) is 1.56. The van der Waals surface area contributed by atoms with E-state index in [1.54, 1.807) is 55.6 Å². The lowest BCUT2D eigenvalue weighted by Crippen LogP contribution is -2.35. The number of ether oxygens (including phenoxy) is 1. The van der Waals surface area contributed by atoms with Crippen molar-refractivity contribution in [2.75, 3.05) is 12.4 Å². The highest BCUT2D eigenvalue weighted by Crippen LogP contribution is 2.18. The quantitative estimate of drug-likeness (QED) is 0.505. The van der Waals surface area contributed by atoms with Crippen LogP contribution in [0.25, 0.3) is 0 Å². The van der Waals surface area contributed by atoms with Gasteiger partial charge in [-0.25, -0.2) is 0 Å². The van der Waals surface area contributed by atoms with Crippen LogP contribution in [-0.2, 0) is 0 Å². The average Bonchev–Trinajstić information content (AvgIpc) is 2.79. The standard InChI is InChI=1S/C24H23N3O3S/c1-16(17-8-4-3-5-9-17)25-23(29)20-10-6-7-11-21(20)26-24(31)27-22(28)18-12-14-19(30-2)15-13-18/h3-16H,1-2H3,(H,25,29)(H2,26,27,28,31). The first-order valence-corrected chi connectivity index (χ1v) is 10.1. The molecule has 3 rings (SSSR count). The van der Waals surface area contributed by atoms with Gasteiger partial charge in [-0.05, 0) is 61.1 Å². The number of rotatable bonds is 6. The Labute approximate surface area is 186 Å². The minimum Gasteiger partial charge on any atom is -0.497 e. The third kappa shape index (κ3) is 5.90. The minimum absolute atomic E-state index is 0.0946. The zero-order valence-corrected chi connectivity index (χ0v) is 18.0. The predicted octanol–water partition coefficient (Wildman–Crippen LogP) is 4.31. The maximum atomic E-state index is 12.8. The van der Waals surface area contributed by atoms with Crippen molar-refractivity contribution in [2.24, 2.45) is 0 Å². The van der Waals surface area contributed by atoms with Crippen molar-refractivity contribution in [2.45, 2.75) is 13.0 Å². The molecular weight excluding hydrogens is 410 g/mol. The van der Waals surface area contributed by atoms with Crippen LogP contribution < -0.4 is 20.7 Å². The van der Waals surface area contributed by atoms with E-state index in [9.17, 15) is 9.59 Å². The summed E-state index contributed by atoms with van der Waals surface area (Å²) in [4.78, 5) is 25.2. The fourth-order valence-corrected chi connectivity index (χ4v) is 3.16. The molecule has 158 valence electrons. The lowest BCUT2D eigenvalue weighted by molar-refractivity contribution is 0.0939. The highest BCUT2D eigenvalue weighted by molar-refractivity contribution is 7.80. The van der Waals surface area contributed by atoms with E-state index in [1.807, 2.05) is 37.3 Å². The van der Waals surface area contributed by atoms with Gasteiger partial charge in [0.1, 0.15) is 5.75 Å². The number of thiocarbonyl (C=S) groups is 1. The molecule has 31 heavy (non-hydrogen) atoms. The van der Waals surface area contributed by atoms with Crippen LogP contribution in [-0.4, -0.2) is 24.0 Å². The molecule has 2 amide bonds. The molecule has 3 aromatic carbocycles. The van der Waals surface area contributed by atoms with E-state index < -0.39 is 0 Å². The lowest BCUT2D eigenvalue weighted by atomic mass is 10.1. The van der Waals surface area contributed by atoms with E-state index in [1.165, 1.54) is 0 Å². The van der Waals surface area contributed by atoms with Gasteiger partial charge in [0.25, 0.3) is 11.8 Å². The van der Waals surface area contributed by atoms with Crippen LogP contribution in [0.1, 0.15) is 39.2 Å². The first-order chi connectivity index (χ1) is 15.0. The molecule has 7 heteroatoms. The molecule has 0 bridgehead atoms. The minimum atomic E-state index is -0.361. The van der Waals surface area contributed by atoms with Crippen molar-refractivity contribution >= 4 is 34.8 Å². The maximum Gasteiger partial charge on any atom is 0.257 e. The average molecular weight is 434 g/mol. The van der Waals surface area contributed by atoms with E-state index in [0.29, 0.717) is 22.6 Å². The van der Waals surface area contributed by atoms with E-state index in [4.69, 9.17) is 17.0 Å². The van der Waals surface area contributed by atoms with Crippen LogP contribution in [0.15, 0.2) is 78.9 Å². The Kier molecular flexibility index (Phi) is 7.35. The molecule has 6 nitrogen and oxygen atoms in total. The number of anilines is 1. The summed E-state index contributed by atoms with van der Waals surface area (Å²) in [5.74, 6) is 0.0467. The van der Waals surface area contributed by atoms with Crippen LogP contribution in [0.3, 0.4) is 0 Å². The zero-order chi connectivity index (χ0) is 22.2. The number of hydrogen-bond acceptors (Lipinski definition) is 4. The Balaban J connectivity index is 1.66. The number of nitrogens with one attached hydrogen (secondary N) is 3. The number of benzene rings is 3. The highest BCUT2D eigenvalue weighted by Gasteiger charge is 2.16. The van der Waals surface area contributed by atoms with Gasteiger partial charge in [-0.2, -0.15) is 0 Å². The Bertz CT molecular complexity index is 1070. The molecule has 0 heterocycles. The van der Waals surface area contributed by atoms with Crippen molar-refractivity contribution in [3.63, 3.8) is 0 Å². The van der Waals surface area contributed by atoms with Crippen molar-refractivity contribution in [1.82, 2.24) is 10.6 Å². The molecule has 0 saturated heterocycles. The summed E-state index contributed by atoms with van der Waals surface area (Å²) in [6, 6.07) is 23.2. The van der Waals surface area contributed by atoms with Crippen LogP contribution >= 0.6 is 12.2 Å². The first kappa shape index (κ1) is 22.0. The largest absolute Gasteiger partial charge is 0.497 e. The second-order valence-corrected chi connectivity index (χ2v) is 7.20. The number of carbonyl (C=O) groups excluding carboxylic acids is 2. The Morgan fingerprint density at radius 2 is 1.52 bits per heavy atom. The number of carbonyl (C=O) groups is 2. The maximum absolute atomic E-state index is 12.8. The number of hydrogen-bond donors (Lipinski definition) is 3. The lowest BCUT2D eigenvalue weighted by Gasteiger charge is -2.17. The number of amides is 2. The fourth-order valence-electron chi connectivity index (χ4n) is 2.96. The van der Waals surface area contributed by atoms with Gasteiger partial charge in [-0.3, -0.25) is 14.9 Å². The van der Waals surface area contributed by atoms with Gasteiger partial charge in [0, 0.05) is 5.56 Å². The molecule has 0 aliphatic rings. The Hall–Kier alpha value is -3.71. The molecule has 0 radical (unpaired) electrons. The third-order valence-electron chi connectivity index (χ3n) is 4.65. The topological polar surface area (TPSA) is 79.5 Å². The monoisotopic (exact) mass is 433 g/mol. The molecule has 0 fully saturated rings. The predicted molar refractivity (Wildman–Crippen MR) is 125 cm³/mol. The van der Waals surface area contributed by atoms with Crippen LogP contribution in [0.5, 0.6) is 5.75 Å².